The number of fused-ring (bicyclic) bond motifs is 1. The van der Waals surface area contributed by atoms with E-state index in [1.807, 2.05) is 25.1 Å². The largest absolute Gasteiger partial charge is 0.291 e. The number of nitrogens with zero attached hydrogens (tertiary/aromatic N) is 2. The molecule has 1 aromatic carbocycles. The Hall–Kier alpha value is -1.48. The van der Waals surface area contributed by atoms with Crippen LogP contribution in [-0.2, 0) is 0 Å². The van der Waals surface area contributed by atoms with E-state index in [0.717, 1.165) is 16.5 Å². The summed E-state index contributed by atoms with van der Waals surface area (Å²) in [6.07, 6.45) is 0. The second-order valence-corrected chi connectivity index (χ2v) is 3.72. The first kappa shape index (κ1) is 10.1. The van der Waals surface area contributed by atoms with E-state index in [9.17, 15) is 4.79 Å². The lowest BCUT2D eigenvalue weighted by atomic mass is 10.1. The van der Waals surface area contributed by atoms with Crippen molar-refractivity contribution in [1.82, 2.24) is 9.97 Å². The fraction of sp³-hybridized carbons (Fsp3) is 0.182. The van der Waals surface area contributed by atoms with Crippen LogP contribution >= 0.6 is 11.6 Å². The molecular weight excluding hydrogens is 212 g/mol. The molecule has 0 saturated heterocycles. The lowest BCUT2D eigenvalue weighted by Crippen LogP contribution is -2.02. The third-order valence-electron chi connectivity index (χ3n) is 2.20. The van der Waals surface area contributed by atoms with Gasteiger partial charge in [-0.25, -0.2) is 9.97 Å². The van der Waals surface area contributed by atoms with Gasteiger partial charge in [0.15, 0.2) is 11.6 Å². The smallest absolute Gasteiger partial charge is 0.197 e. The molecule has 2 rings (SSSR count). The Morgan fingerprint density at radius 3 is 2.73 bits per heavy atom. The molecule has 0 saturated carbocycles. The highest BCUT2D eigenvalue weighted by molar-refractivity contribution is 6.34. The summed E-state index contributed by atoms with van der Waals surface area (Å²) in [6.45, 7) is 3.35. The van der Waals surface area contributed by atoms with Gasteiger partial charge in [-0.15, -0.1) is 0 Å². The molecule has 0 unspecified atom stereocenters. The maximum absolute atomic E-state index is 11.2. The lowest BCUT2D eigenvalue weighted by Gasteiger charge is -2.03. The number of para-hydroxylation sites is 1. The Morgan fingerprint density at radius 1 is 1.33 bits per heavy atom. The minimum atomic E-state index is -0.179. The zero-order chi connectivity index (χ0) is 11.0. The van der Waals surface area contributed by atoms with Crippen molar-refractivity contribution in [2.75, 3.05) is 0 Å². The van der Waals surface area contributed by atoms with Gasteiger partial charge in [-0.3, -0.25) is 4.79 Å². The highest BCUT2D eigenvalue weighted by atomic mass is 35.5. The third kappa shape index (κ3) is 1.70. The SMILES string of the molecule is CC(=O)c1nc(Cl)c2cccc(C)c2n1. The number of carbonyl (C=O) groups excluding carboxylic acids is 1. The molecule has 76 valence electrons. The standard InChI is InChI=1S/C11H9ClN2O/c1-6-4-3-5-8-9(6)13-11(7(2)15)14-10(8)12/h3-5H,1-2H3. The summed E-state index contributed by atoms with van der Waals surface area (Å²) in [7, 11) is 0. The van der Waals surface area contributed by atoms with Crippen LogP contribution in [0.5, 0.6) is 0 Å². The van der Waals surface area contributed by atoms with Gasteiger partial charge in [0.25, 0.3) is 0 Å². The number of rotatable bonds is 1. The predicted molar refractivity (Wildman–Crippen MR) is 59.3 cm³/mol. The second-order valence-electron chi connectivity index (χ2n) is 3.37. The van der Waals surface area contributed by atoms with Crippen LogP contribution in [0.25, 0.3) is 10.9 Å². The Balaban J connectivity index is 2.85. The highest BCUT2D eigenvalue weighted by Gasteiger charge is 2.10. The van der Waals surface area contributed by atoms with Crippen LogP contribution in [0, 0.1) is 6.92 Å². The van der Waals surface area contributed by atoms with Gasteiger partial charge in [0, 0.05) is 12.3 Å². The van der Waals surface area contributed by atoms with Gasteiger partial charge >= 0.3 is 0 Å². The average molecular weight is 221 g/mol. The van der Waals surface area contributed by atoms with Crippen molar-refractivity contribution in [3.63, 3.8) is 0 Å². The van der Waals surface area contributed by atoms with Crippen LogP contribution in [0.2, 0.25) is 5.15 Å². The van der Waals surface area contributed by atoms with E-state index in [-0.39, 0.29) is 11.6 Å². The van der Waals surface area contributed by atoms with Crippen molar-refractivity contribution in [3.05, 3.63) is 34.7 Å². The van der Waals surface area contributed by atoms with Gasteiger partial charge in [0.1, 0.15) is 5.15 Å². The number of ketones is 1. The Kier molecular flexibility index (Phi) is 2.40. The number of aryl methyl sites for hydroxylation is 1. The van der Waals surface area contributed by atoms with Crippen LogP contribution in [0.1, 0.15) is 23.1 Å². The molecule has 1 heterocycles. The maximum atomic E-state index is 11.2. The van der Waals surface area contributed by atoms with Crippen LogP contribution in [-0.4, -0.2) is 15.8 Å². The number of hydrogen-bond acceptors (Lipinski definition) is 3. The van der Waals surface area contributed by atoms with Crippen molar-refractivity contribution in [1.29, 1.82) is 0 Å². The van der Waals surface area contributed by atoms with E-state index >= 15 is 0 Å². The molecule has 2 aromatic rings. The van der Waals surface area contributed by atoms with Gasteiger partial charge in [-0.1, -0.05) is 23.7 Å². The van der Waals surface area contributed by atoms with E-state index in [0.29, 0.717) is 5.15 Å². The fourth-order valence-corrected chi connectivity index (χ4v) is 1.65. The molecule has 0 bridgehead atoms. The van der Waals surface area contributed by atoms with Crippen molar-refractivity contribution < 1.29 is 4.79 Å². The molecule has 4 heteroatoms. The fourth-order valence-electron chi connectivity index (χ4n) is 1.42. The van der Waals surface area contributed by atoms with Gasteiger partial charge in [0.05, 0.1) is 5.52 Å². The molecule has 15 heavy (non-hydrogen) atoms. The number of aromatic nitrogens is 2. The molecule has 0 amide bonds. The second kappa shape index (κ2) is 3.59. The van der Waals surface area contributed by atoms with E-state index in [1.54, 1.807) is 0 Å². The van der Waals surface area contributed by atoms with Crippen LogP contribution in [0.15, 0.2) is 18.2 Å². The van der Waals surface area contributed by atoms with Gasteiger partial charge in [-0.05, 0) is 18.6 Å². The van der Waals surface area contributed by atoms with Crippen molar-refractivity contribution in [2.24, 2.45) is 0 Å². The monoisotopic (exact) mass is 220 g/mol. The Morgan fingerprint density at radius 2 is 2.07 bits per heavy atom. The minimum absolute atomic E-state index is 0.168. The van der Waals surface area contributed by atoms with Crippen molar-refractivity contribution >= 4 is 28.3 Å². The van der Waals surface area contributed by atoms with E-state index in [4.69, 9.17) is 11.6 Å². The zero-order valence-corrected chi connectivity index (χ0v) is 9.17. The number of Topliss-reactive ketones (excluding diaryl/α,β-unsaturated/α-hetero) is 1. The molecule has 0 radical (unpaired) electrons. The normalized spacial score (nSPS) is 10.6. The summed E-state index contributed by atoms with van der Waals surface area (Å²) in [6, 6.07) is 5.66. The van der Waals surface area contributed by atoms with Crippen molar-refractivity contribution in [3.8, 4) is 0 Å². The third-order valence-corrected chi connectivity index (χ3v) is 2.48. The minimum Gasteiger partial charge on any atom is -0.291 e. The lowest BCUT2D eigenvalue weighted by molar-refractivity contribution is 0.100. The predicted octanol–water partition coefficient (Wildman–Crippen LogP) is 2.79. The Labute approximate surface area is 92.1 Å². The topological polar surface area (TPSA) is 42.9 Å². The number of benzene rings is 1. The zero-order valence-electron chi connectivity index (χ0n) is 8.41. The molecule has 0 aliphatic heterocycles. The molecule has 1 aromatic heterocycles. The Bertz CT molecular complexity index is 552. The molecular formula is C11H9ClN2O. The summed E-state index contributed by atoms with van der Waals surface area (Å²) >= 11 is 5.97. The summed E-state index contributed by atoms with van der Waals surface area (Å²) < 4.78 is 0. The van der Waals surface area contributed by atoms with Crippen LogP contribution in [0.3, 0.4) is 0 Å². The summed E-state index contributed by atoms with van der Waals surface area (Å²) in [4.78, 5) is 19.3. The molecule has 0 fully saturated rings. The summed E-state index contributed by atoms with van der Waals surface area (Å²) in [5, 5.41) is 1.11. The first-order valence-electron chi connectivity index (χ1n) is 4.53. The molecule has 0 N–H and O–H groups in total. The quantitative estimate of drug-likeness (QED) is 0.548. The molecule has 0 aliphatic carbocycles. The first-order valence-corrected chi connectivity index (χ1v) is 4.91. The summed E-state index contributed by atoms with van der Waals surface area (Å²) in [5.41, 5.74) is 1.72. The summed E-state index contributed by atoms with van der Waals surface area (Å²) in [5.74, 6) is -0.0103. The van der Waals surface area contributed by atoms with Crippen LogP contribution < -0.4 is 0 Å². The molecule has 0 spiro atoms. The van der Waals surface area contributed by atoms with Gasteiger partial charge in [0.2, 0.25) is 0 Å². The first-order chi connectivity index (χ1) is 7.09. The molecule has 3 nitrogen and oxygen atoms in total. The number of carbonyl (C=O) groups is 1. The van der Waals surface area contributed by atoms with E-state index in [1.165, 1.54) is 6.92 Å². The molecule has 0 aliphatic rings. The molecule has 0 atom stereocenters. The number of hydrogen-bond donors (Lipinski definition) is 0. The maximum Gasteiger partial charge on any atom is 0.197 e. The van der Waals surface area contributed by atoms with Crippen LogP contribution in [0.4, 0.5) is 0 Å². The van der Waals surface area contributed by atoms with E-state index < -0.39 is 0 Å². The van der Waals surface area contributed by atoms with Crippen molar-refractivity contribution in [2.45, 2.75) is 13.8 Å². The number of halogens is 1. The van der Waals surface area contributed by atoms with Gasteiger partial charge in [-0.2, -0.15) is 0 Å². The van der Waals surface area contributed by atoms with Gasteiger partial charge < -0.3 is 0 Å². The average Bonchev–Trinajstić information content (AvgIpc) is 2.19. The highest BCUT2D eigenvalue weighted by Crippen LogP contribution is 2.22. The van der Waals surface area contributed by atoms with E-state index in [2.05, 4.69) is 9.97 Å².